The Bertz CT molecular complexity index is 1580. The molecule has 2 aliphatic heterocycles. The van der Waals surface area contributed by atoms with E-state index in [0.29, 0.717) is 47.6 Å². The molecule has 3 N–H and O–H groups in total. The maximum absolute atomic E-state index is 13.2. The number of aliphatic hydroxyl groups is 1. The van der Waals surface area contributed by atoms with Crippen LogP contribution in [0.3, 0.4) is 0 Å². The third-order valence-electron chi connectivity index (χ3n) is 8.18. The number of ether oxygens (including phenoxy) is 2. The zero-order chi connectivity index (χ0) is 31.5. The molecule has 3 aromatic rings. The summed E-state index contributed by atoms with van der Waals surface area (Å²) in [6.07, 6.45) is 0.151. The number of benzene rings is 2. The lowest BCUT2D eigenvalue weighted by molar-refractivity contribution is -0.140. The van der Waals surface area contributed by atoms with E-state index in [1.54, 1.807) is 20.2 Å². The van der Waals surface area contributed by atoms with Gasteiger partial charge in [-0.3, -0.25) is 14.5 Å². The SMILES string of the molecule is COc1nc(-c2cccc(-c3cccc(NC(=O)C4CN(C)C(=O)N(C)C4=O)c3C)c2Cl)ccc1CN[C@H]1CCOC[C@@H]1O. The minimum absolute atomic E-state index is 0.00324. The summed E-state index contributed by atoms with van der Waals surface area (Å²) in [4.78, 5) is 45.0. The zero-order valence-corrected chi connectivity index (χ0v) is 25.9. The Balaban J connectivity index is 1.38. The van der Waals surface area contributed by atoms with Gasteiger partial charge in [-0.15, -0.1) is 0 Å². The van der Waals surface area contributed by atoms with Gasteiger partial charge in [-0.1, -0.05) is 48.0 Å². The minimum atomic E-state index is -1.02. The Labute approximate surface area is 261 Å². The number of aliphatic hydroxyl groups excluding tert-OH is 1. The van der Waals surface area contributed by atoms with E-state index < -0.39 is 29.9 Å². The topological polar surface area (TPSA) is 133 Å². The predicted molar refractivity (Wildman–Crippen MR) is 166 cm³/mol. The van der Waals surface area contributed by atoms with E-state index in [4.69, 9.17) is 26.1 Å². The molecule has 11 nitrogen and oxygen atoms in total. The average molecular weight is 622 g/mol. The number of aromatic nitrogens is 1. The van der Waals surface area contributed by atoms with Crippen LogP contribution in [-0.4, -0.2) is 90.8 Å². The van der Waals surface area contributed by atoms with Gasteiger partial charge in [0.05, 0.1) is 30.5 Å². The highest BCUT2D eigenvalue weighted by molar-refractivity contribution is 6.36. The first kappa shape index (κ1) is 31.4. The van der Waals surface area contributed by atoms with Gasteiger partial charge in [0, 0.05) is 62.2 Å². The zero-order valence-electron chi connectivity index (χ0n) is 25.1. The molecule has 0 bridgehead atoms. The molecule has 2 fully saturated rings. The lowest BCUT2D eigenvalue weighted by atomic mass is 9.96. The van der Waals surface area contributed by atoms with Crippen LogP contribution in [0.15, 0.2) is 48.5 Å². The Hall–Kier alpha value is -4.03. The Kier molecular flexibility index (Phi) is 9.50. The summed E-state index contributed by atoms with van der Waals surface area (Å²) in [7, 11) is 4.49. The van der Waals surface area contributed by atoms with E-state index in [1.807, 2.05) is 49.4 Å². The van der Waals surface area contributed by atoms with Crippen molar-refractivity contribution in [3.8, 4) is 28.3 Å². The highest BCUT2D eigenvalue weighted by Crippen LogP contribution is 2.39. The van der Waals surface area contributed by atoms with E-state index in [-0.39, 0.29) is 12.6 Å². The molecule has 2 aromatic carbocycles. The molecule has 5 rings (SSSR count). The number of nitrogens with one attached hydrogen (secondary N) is 2. The number of urea groups is 1. The smallest absolute Gasteiger partial charge is 0.326 e. The molecule has 1 unspecified atom stereocenters. The molecule has 0 saturated carbocycles. The lowest BCUT2D eigenvalue weighted by Gasteiger charge is -2.33. The van der Waals surface area contributed by atoms with Crippen molar-refractivity contribution in [3.63, 3.8) is 0 Å². The van der Waals surface area contributed by atoms with Crippen LogP contribution in [0.4, 0.5) is 10.5 Å². The third-order valence-corrected chi connectivity index (χ3v) is 8.59. The Morgan fingerprint density at radius 1 is 1.11 bits per heavy atom. The van der Waals surface area contributed by atoms with Crippen LogP contribution >= 0.6 is 11.6 Å². The maximum Gasteiger partial charge on any atom is 0.326 e. The number of halogens is 1. The number of imide groups is 1. The first-order valence-electron chi connectivity index (χ1n) is 14.4. The Morgan fingerprint density at radius 3 is 2.59 bits per heavy atom. The van der Waals surface area contributed by atoms with Gasteiger partial charge < -0.3 is 30.1 Å². The number of hydrogen-bond donors (Lipinski definition) is 3. The van der Waals surface area contributed by atoms with Gasteiger partial charge in [-0.2, -0.15) is 0 Å². The fraction of sp³-hybridized carbons (Fsp3) is 0.375. The van der Waals surface area contributed by atoms with Gasteiger partial charge in [0.1, 0.15) is 5.92 Å². The molecule has 232 valence electrons. The maximum atomic E-state index is 13.2. The van der Waals surface area contributed by atoms with Crippen LogP contribution in [0.2, 0.25) is 5.02 Å². The number of pyridine rings is 1. The van der Waals surface area contributed by atoms with Crippen molar-refractivity contribution < 1.29 is 29.0 Å². The van der Waals surface area contributed by atoms with Gasteiger partial charge in [0.15, 0.2) is 0 Å². The fourth-order valence-corrected chi connectivity index (χ4v) is 5.89. The second-order valence-corrected chi connectivity index (χ2v) is 11.4. The summed E-state index contributed by atoms with van der Waals surface area (Å²) in [6, 6.07) is 14.5. The van der Waals surface area contributed by atoms with Crippen molar-refractivity contribution in [2.45, 2.75) is 32.0 Å². The van der Waals surface area contributed by atoms with Crippen molar-refractivity contribution >= 4 is 35.1 Å². The standard InChI is InChI=1S/C32H36ClN5O6/c1-18-20(7-6-10-24(18)35-29(40)23-16-37(2)32(42)38(3)31(23)41)21-8-5-9-22(28(21)33)25-12-11-19(30(36-25)43-4)15-34-26-13-14-44-17-27(26)39/h5-12,23,26-27,34,39H,13-17H2,1-4H3,(H,35,40)/t23?,26-,27-/m0/s1. The lowest BCUT2D eigenvalue weighted by Crippen LogP contribution is -2.56. The van der Waals surface area contributed by atoms with Crippen LogP contribution < -0.4 is 15.4 Å². The number of nitrogens with zero attached hydrogens (tertiary/aromatic N) is 3. The summed E-state index contributed by atoms with van der Waals surface area (Å²) >= 11 is 7.00. The molecule has 2 saturated heterocycles. The van der Waals surface area contributed by atoms with Crippen molar-refractivity contribution in [1.82, 2.24) is 20.1 Å². The number of methoxy groups -OCH3 is 1. The number of carbonyl (C=O) groups excluding carboxylic acids is 3. The molecule has 3 heterocycles. The number of anilines is 1. The highest BCUT2D eigenvalue weighted by atomic mass is 35.5. The minimum Gasteiger partial charge on any atom is -0.481 e. The second kappa shape index (κ2) is 13.3. The first-order valence-corrected chi connectivity index (χ1v) is 14.7. The summed E-state index contributed by atoms with van der Waals surface area (Å²) in [6.45, 7) is 3.26. The second-order valence-electron chi connectivity index (χ2n) is 11.0. The normalized spacial score (nSPS) is 20.5. The number of carbonyl (C=O) groups is 3. The molecule has 44 heavy (non-hydrogen) atoms. The average Bonchev–Trinajstić information content (AvgIpc) is 3.02. The van der Waals surface area contributed by atoms with Crippen LogP contribution in [-0.2, 0) is 20.9 Å². The molecule has 2 aliphatic rings. The first-order chi connectivity index (χ1) is 21.1. The largest absolute Gasteiger partial charge is 0.481 e. The van der Waals surface area contributed by atoms with Crippen molar-refractivity contribution in [2.24, 2.45) is 5.92 Å². The molecule has 12 heteroatoms. The van der Waals surface area contributed by atoms with Crippen LogP contribution in [0.5, 0.6) is 5.88 Å². The third kappa shape index (κ3) is 6.27. The fourth-order valence-electron chi connectivity index (χ4n) is 5.56. The quantitative estimate of drug-likeness (QED) is 0.324. The predicted octanol–water partition coefficient (Wildman–Crippen LogP) is 3.70. The summed E-state index contributed by atoms with van der Waals surface area (Å²) in [5.74, 6) is -1.59. The molecule has 0 spiro atoms. The molecule has 0 aliphatic carbocycles. The van der Waals surface area contributed by atoms with Gasteiger partial charge in [-0.05, 0) is 36.6 Å². The van der Waals surface area contributed by atoms with Crippen molar-refractivity contribution in [3.05, 3.63) is 64.7 Å². The van der Waals surface area contributed by atoms with Crippen LogP contribution in [0, 0.1) is 12.8 Å². The number of amides is 4. The van der Waals surface area contributed by atoms with Crippen LogP contribution in [0.25, 0.3) is 22.4 Å². The number of rotatable bonds is 8. The Morgan fingerprint density at radius 2 is 1.84 bits per heavy atom. The van der Waals surface area contributed by atoms with E-state index in [2.05, 4.69) is 10.6 Å². The molecule has 1 aromatic heterocycles. The monoisotopic (exact) mass is 621 g/mol. The van der Waals surface area contributed by atoms with E-state index in [1.165, 1.54) is 11.9 Å². The molecular formula is C32H36ClN5O6. The van der Waals surface area contributed by atoms with Gasteiger partial charge in [0.2, 0.25) is 17.7 Å². The van der Waals surface area contributed by atoms with Crippen molar-refractivity contribution in [1.29, 1.82) is 0 Å². The summed E-state index contributed by atoms with van der Waals surface area (Å²) < 4.78 is 10.9. The van der Waals surface area contributed by atoms with Crippen LogP contribution in [0.1, 0.15) is 17.5 Å². The molecule has 0 radical (unpaired) electrons. The molecule has 4 amide bonds. The van der Waals surface area contributed by atoms with Crippen molar-refractivity contribution in [2.75, 3.05) is 46.3 Å². The highest BCUT2D eigenvalue weighted by Gasteiger charge is 2.39. The van der Waals surface area contributed by atoms with E-state index >= 15 is 0 Å². The molecular weight excluding hydrogens is 586 g/mol. The van der Waals surface area contributed by atoms with Gasteiger partial charge in [0.25, 0.3) is 0 Å². The van der Waals surface area contributed by atoms with E-state index in [9.17, 15) is 19.5 Å². The summed E-state index contributed by atoms with van der Waals surface area (Å²) in [5.41, 5.74) is 5.04. The van der Waals surface area contributed by atoms with Gasteiger partial charge >= 0.3 is 6.03 Å². The van der Waals surface area contributed by atoms with E-state index in [0.717, 1.165) is 33.6 Å². The summed E-state index contributed by atoms with van der Waals surface area (Å²) in [5, 5.41) is 16.9. The number of hydrogen-bond acceptors (Lipinski definition) is 8. The van der Waals surface area contributed by atoms with Gasteiger partial charge in [-0.25, -0.2) is 9.78 Å². The molecule has 3 atom stereocenters.